The van der Waals surface area contributed by atoms with Gasteiger partial charge >= 0.3 is 12.0 Å². The Hall–Kier alpha value is -1.52. The van der Waals surface area contributed by atoms with Crippen LogP contribution in [0.3, 0.4) is 0 Å². The van der Waals surface area contributed by atoms with Gasteiger partial charge in [0.15, 0.2) is 0 Å². The van der Waals surface area contributed by atoms with Crippen molar-refractivity contribution in [1.29, 1.82) is 0 Å². The maximum absolute atomic E-state index is 12.2. The minimum Gasteiger partial charge on any atom is -0.469 e. The minimum atomic E-state index is -0.159. The summed E-state index contributed by atoms with van der Waals surface area (Å²) in [6.07, 6.45) is 8.13. The third-order valence-corrected chi connectivity index (χ3v) is 4.26. The third kappa shape index (κ3) is 3.52. The molecule has 0 radical (unpaired) electrons. The quantitative estimate of drug-likeness (QED) is 0.621. The molecule has 1 heterocycles. The molecule has 0 unspecified atom stereocenters. The van der Waals surface area contributed by atoms with E-state index in [1.807, 2.05) is 11.8 Å². The first-order valence-electron chi connectivity index (χ1n) is 7.41. The summed E-state index contributed by atoms with van der Waals surface area (Å²) in [5.41, 5.74) is 0. The first-order chi connectivity index (χ1) is 9.61. The zero-order valence-corrected chi connectivity index (χ0v) is 12.3. The number of nitrogens with one attached hydrogen (secondary N) is 1. The van der Waals surface area contributed by atoms with Crippen molar-refractivity contribution >= 4 is 12.0 Å². The molecular formula is C15H24N2O3. The molecule has 2 aliphatic rings. The number of likely N-dealkylation sites (tertiary alicyclic amines) is 1. The smallest absolute Gasteiger partial charge is 0.317 e. The lowest BCUT2D eigenvalue weighted by molar-refractivity contribution is -0.148. The van der Waals surface area contributed by atoms with Gasteiger partial charge in [0.2, 0.25) is 0 Å². The van der Waals surface area contributed by atoms with Crippen molar-refractivity contribution in [3.05, 3.63) is 12.2 Å². The number of hydrogen-bond donors (Lipinski definition) is 1. The molecule has 0 saturated carbocycles. The zero-order chi connectivity index (χ0) is 14.5. The number of carbonyl (C=O) groups excluding carboxylic acids is 2. The lowest BCUT2D eigenvalue weighted by atomic mass is 9.87. The molecule has 2 rings (SSSR count). The molecule has 0 bridgehead atoms. The lowest BCUT2D eigenvalue weighted by Gasteiger charge is -2.36. The molecule has 0 aromatic carbocycles. The summed E-state index contributed by atoms with van der Waals surface area (Å²) >= 11 is 0. The highest BCUT2D eigenvalue weighted by Gasteiger charge is 2.34. The molecule has 0 aromatic rings. The number of ether oxygens (including phenoxy) is 1. The van der Waals surface area contributed by atoms with Crippen LogP contribution in [-0.2, 0) is 9.53 Å². The van der Waals surface area contributed by atoms with Crippen molar-refractivity contribution in [3.8, 4) is 0 Å². The van der Waals surface area contributed by atoms with E-state index in [4.69, 9.17) is 4.74 Å². The van der Waals surface area contributed by atoms with E-state index in [9.17, 15) is 9.59 Å². The summed E-state index contributed by atoms with van der Waals surface area (Å²) < 4.78 is 4.81. The van der Waals surface area contributed by atoms with Crippen LogP contribution in [-0.4, -0.2) is 43.1 Å². The van der Waals surface area contributed by atoms with Crippen molar-refractivity contribution in [2.24, 2.45) is 11.8 Å². The van der Waals surface area contributed by atoms with Gasteiger partial charge in [-0.25, -0.2) is 4.79 Å². The summed E-state index contributed by atoms with van der Waals surface area (Å²) in [7, 11) is 1.42. The molecule has 0 aromatic heterocycles. The monoisotopic (exact) mass is 280 g/mol. The normalized spacial score (nSPS) is 29.9. The van der Waals surface area contributed by atoms with Crippen LogP contribution in [0.25, 0.3) is 0 Å². The summed E-state index contributed by atoms with van der Waals surface area (Å²) in [5, 5.41) is 3.05. The second kappa shape index (κ2) is 6.77. The second-order valence-electron chi connectivity index (χ2n) is 5.76. The van der Waals surface area contributed by atoms with Crippen LogP contribution in [0, 0.1) is 11.8 Å². The molecule has 112 valence electrons. The van der Waals surface area contributed by atoms with Crippen LogP contribution < -0.4 is 5.32 Å². The average molecular weight is 280 g/mol. The molecule has 1 fully saturated rings. The molecule has 0 spiro atoms. The zero-order valence-electron chi connectivity index (χ0n) is 12.3. The van der Waals surface area contributed by atoms with Gasteiger partial charge in [-0.2, -0.15) is 0 Å². The maximum atomic E-state index is 12.2. The van der Waals surface area contributed by atoms with E-state index in [1.165, 1.54) is 7.11 Å². The Morgan fingerprint density at radius 2 is 2.15 bits per heavy atom. The number of carbonyl (C=O) groups is 2. The highest BCUT2D eigenvalue weighted by molar-refractivity contribution is 5.76. The first kappa shape index (κ1) is 14.9. The Labute approximate surface area is 120 Å². The standard InChI is InChI=1S/C15H24N2O3/c1-11-10-17(9-8-13(11)14(18)20-2)15(19)16-12-6-4-3-5-7-12/h4,6,11-13H,3,5,7-10H2,1-2H3,(H,16,19)/t11-,12+,13+/m0/s1. The van der Waals surface area contributed by atoms with Crippen molar-refractivity contribution in [1.82, 2.24) is 10.2 Å². The van der Waals surface area contributed by atoms with E-state index < -0.39 is 0 Å². The fraction of sp³-hybridized carbons (Fsp3) is 0.733. The molecular weight excluding hydrogens is 256 g/mol. The van der Waals surface area contributed by atoms with Crippen LogP contribution >= 0.6 is 0 Å². The number of amides is 2. The third-order valence-electron chi connectivity index (χ3n) is 4.26. The van der Waals surface area contributed by atoms with E-state index >= 15 is 0 Å². The maximum Gasteiger partial charge on any atom is 0.317 e. The van der Waals surface area contributed by atoms with Crippen LogP contribution in [0.5, 0.6) is 0 Å². The molecule has 3 atom stereocenters. The fourth-order valence-corrected chi connectivity index (χ4v) is 3.01. The van der Waals surface area contributed by atoms with Crippen molar-refractivity contribution < 1.29 is 14.3 Å². The summed E-state index contributed by atoms with van der Waals surface area (Å²) in [5.74, 6) is -0.102. The van der Waals surface area contributed by atoms with Gasteiger partial charge in [0.05, 0.1) is 13.0 Å². The largest absolute Gasteiger partial charge is 0.469 e. The molecule has 1 N–H and O–H groups in total. The van der Waals surface area contributed by atoms with Gasteiger partial charge in [-0.3, -0.25) is 4.79 Å². The highest BCUT2D eigenvalue weighted by atomic mass is 16.5. The van der Waals surface area contributed by atoms with Gasteiger partial charge in [0.1, 0.15) is 0 Å². The van der Waals surface area contributed by atoms with Gasteiger partial charge in [0.25, 0.3) is 0 Å². The molecule has 2 amide bonds. The summed E-state index contributed by atoms with van der Waals surface area (Å²) in [6.45, 7) is 3.23. The van der Waals surface area contributed by atoms with Gasteiger partial charge < -0.3 is 15.0 Å². The topological polar surface area (TPSA) is 58.6 Å². The molecule has 1 aliphatic carbocycles. The number of nitrogens with zero attached hydrogens (tertiary/aromatic N) is 1. The minimum absolute atomic E-state index is 0.0169. The van der Waals surface area contributed by atoms with E-state index in [1.54, 1.807) is 0 Å². The van der Waals surface area contributed by atoms with Crippen LogP contribution in [0.2, 0.25) is 0 Å². The van der Waals surface area contributed by atoms with Crippen LogP contribution in [0.15, 0.2) is 12.2 Å². The number of methoxy groups -OCH3 is 1. The van der Waals surface area contributed by atoms with E-state index in [0.717, 1.165) is 19.3 Å². The van der Waals surface area contributed by atoms with Crippen molar-refractivity contribution in [2.45, 2.75) is 38.6 Å². The van der Waals surface area contributed by atoms with Crippen molar-refractivity contribution in [2.75, 3.05) is 20.2 Å². The number of rotatable bonds is 2. The number of allylic oxidation sites excluding steroid dienone is 1. The predicted molar refractivity (Wildman–Crippen MR) is 76.2 cm³/mol. The molecule has 1 saturated heterocycles. The molecule has 5 heteroatoms. The van der Waals surface area contributed by atoms with Gasteiger partial charge in [-0.15, -0.1) is 0 Å². The number of hydrogen-bond acceptors (Lipinski definition) is 3. The Morgan fingerprint density at radius 3 is 2.75 bits per heavy atom. The van der Waals surface area contributed by atoms with Crippen molar-refractivity contribution in [3.63, 3.8) is 0 Å². The van der Waals surface area contributed by atoms with Crippen LogP contribution in [0.4, 0.5) is 4.79 Å². The predicted octanol–water partition coefficient (Wildman–Crippen LogP) is 1.94. The molecule has 20 heavy (non-hydrogen) atoms. The lowest BCUT2D eigenvalue weighted by Crippen LogP contribution is -2.51. The number of esters is 1. The number of urea groups is 1. The average Bonchev–Trinajstić information content (AvgIpc) is 2.47. The molecule has 1 aliphatic heterocycles. The first-order valence-corrected chi connectivity index (χ1v) is 7.41. The Bertz CT molecular complexity index is 395. The molecule has 5 nitrogen and oxygen atoms in total. The van der Waals surface area contributed by atoms with Gasteiger partial charge in [-0.1, -0.05) is 19.1 Å². The van der Waals surface area contributed by atoms with Gasteiger partial charge in [0, 0.05) is 19.1 Å². The van der Waals surface area contributed by atoms with Gasteiger partial charge in [-0.05, 0) is 31.6 Å². The Kier molecular flexibility index (Phi) is 5.04. The second-order valence-corrected chi connectivity index (χ2v) is 5.76. The Morgan fingerprint density at radius 1 is 1.35 bits per heavy atom. The fourth-order valence-electron chi connectivity index (χ4n) is 3.01. The Balaban J connectivity index is 1.85. The number of piperidine rings is 1. The summed E-state index contributed by atoms with van der Waals surface area (Å²) in [4.78, 5) is 25.7. The van der Waals surface area contributed by atoms with E-state index in [0.29, 0.717) is 19.5 Å². The van der Waals surface area contributed by atoms with E-state index in [-0.39, 0.29) is 29.9 Å². The van der Waals surface area contributed by atoms with E-state index in [2.05, 4.69) is 17.5 Å². The summed E-state index contributed by atoms with van der Waals surface area (Å²) in [6, 6.07) is 0.140. The van der Waals surface area contributed by atoms with Crippen LogP contribution in [0.1, 0.15) is 32.6 Å². The SMILES string of the molecule is COC(=O)[C@@H]1CCN(C(=O)N[C@@H]2C=CCCC2)C[C@@H]1C. The highest BCUT2D eigenvalue weighted by Crippen LogP contribution is 2.24.